The minimum Gasteiger partial charge on any atom is -0.399 e. The maximum absolute atomic E-state index is 12.3. The van der Waals surface area contributed by atoms with Gasteiger partial charge in [0, 0.05) is 31.7 Å². The summed E-state index contributed by atoms with van der Waals surface area (Å²) < 4.78 is 0. The number of hydrogen-bond donors (Lipinski definition) is 1. The van der Waals surface area contributed by atoms with Gasteiger partial charge in [-0.3, -0.25) is 4.79 Å². The number of nitrogen functional groups attached to an aromatic ring is 1. The van der Waals surface area contributed by atoms with Gasteiger partial charge >= 0.3 is 0 Å². The lowest BCUT2D eigenvalue weighted by Gasteiger charge is -2.33. The molecule has 1 fully saturated rings. The summed E-state index contributed by atoms with van der Waals surface area (Å²) in [6.07, 6.45) is 6.22. The lowest BCUT2D eigenvalue weighted by molar-refractivity contribution is -0.130. The Hall–Kier alpha value is -0.970. The van der Waals surface area contributed by atoms with Gasteiger partial charge in [0.15, 0.2) is 0 Å². The van der Waals surface area contributed by atoms with Gasteiger partial charge in [-0.2, -0.15) is 0 Å². The van der Waals surface area contributed by atoms with E-state index in [0.29, 0.717) is 12.5 Å². The van der Waals surface area contributed by atoms with E-state index in [2.05, 4.69) is 11.9 Å². The van der Waals surface area contributed by atoms with E-state index in [1.165, 1.54) is 25.8 Å². The van der Waals surface area contributed by atoms with Crippen molar-refractivity contribution in [3.8, 4) is 0 Å². The van der Waals surface area contributed by atoms with Crippen LogP contribution in [-0.4, -0.2) is 48.9 Å². The van der Waals surface area contributed by atoms with E-state index < -0.39 is 0 Å². The van der Waals surface area contributed by atoms with Gasteiger partial charge in [0.1, 0.15) is 0 Å². The first kappa shape index (κ1) is 23.0. The van der Waals surface area contributed by atoms with Crippen LogP contribution in [0, 0.1) is 0 Å². The molecule has 4 nitrogen and oxygen atoms in total. The molecule has 0 saturated carbocycles. The molecule has 1 aliphatic heterocycles. The van der Waals surface area contributed by atoms with Gasteiger partial charge in [0.05, 0.1) is 0 Å². The van der Waals surface area contributed by atoms with E-state index >= 15 is 0 Å². The Labute approximate surface area is 158 Å². The fraction of sp³-hybridized carbons (Fsp3) is 0.611. The van der Waals surface area contributed by atoms with Crippen molar-refractivity contribution in [1.82, 2.24) is 9.80 Å². The Kier molecular flexibility index (Phi) is 11.1. The Morgan fingerprint density at radius 1 is 1.29 bits per heavy atom. The van der Waals surface area contributed by atoms with E-state index in [1.807, 2.05) is 36.2 Å². The van der Waals surface area contributed by atoms with E-state index in [1.54, 1.807) is 0 Å². The van der Waals surface area contributed by atoms with Crippen LogP contribution in [0.2, 0.25) is 0 Å². The van der Waals surface area contributed by atoms with Crippen molar-refractivity contribution < 1.29 is 4.79 Å². The quantitative estimate of drug-likeness (QED) is 0.775. The van der Waals surface area contributed by atoms with Gasteiger partial charge in [0.2, 0.25) is 5.91 Å². The van der Waals surface area contributed by atoms with E-state index in [0.717, 1.165) is 30.6 Å². The van der Waals surface area contributed by atoms with Gasteiger partial charge in [-0.15, -0.1) is 24.8 Å². The Morgan fingerprint density at radius 3 is 2.67 bits per heavy atom. The highest BCUT2D eigenvalue weighted by atomic mass is 35.5. The van der Waals surface area contributed by atoms with Crippen LogP contribution in [0.15, 0.2) is 24.3 Å². The number of benzene rings is 1. The fourth-order valence-electron chi connectivity index (χ4n) is 3.17. The molecular formula is C18H31Cl2N3O. The van der Waals surface area contributed by atoms with Crippen molar-refractivity contribution in [2.75, 3.05) is 32.9 Å². The number of para-hydroxylation sites is 1. The molecule has 1 aromatic rings. The molecule has 0 bridgehead atoms. The number of amides is 1. The number of piperidine rings is 1. The molecule has 1 aromatic carbocycles. The van der Waals surface area contributed by atoms with Crippen LogP contribution in [-0.2, 0) is 11.2 Å². The fourth-order valence-corrected chi connectivity index (χ4v) is 3.17. The molecule has 0 radical (unpaired) electrons. The molecule has 2 rings (SSSR count). The maximum Gasteiger partial charge on any atom is 0.222 e. The molecule has 1 heterocycles. The third-order valence-electron chi connectivity index (χ3n) is 4.81. The van der Waals surface area contributed by atoms with E-state index in [4.69, 9.17) is 5.73 Å². The van der Waals surface area contributed by atoms with Crippen molar-refractivity contribution in [2.45, 2.75) is 44.6 Å². The van der Waals surface area contributed by atoms with Crippen molar-refractivity contribution in [3.05, 3.63) is 29.8 Å². The normalized spacial score (nSPS) is 17.5. The summed E-state index contributed by atoms with van der Waals surface area (Å²) in [4.78, 5) is 16.6. The number of anilines is 1. The number of halogens is 2. The molecule has 0 aliphatic carbocycles. The summed E-state index contributed by atoms with van der Waals surface area (Å²) in [5.74, 6) is 0.210. The SMILES string of the molecule is CN(CCC1CCCCN1C)C(=O)CCc1ccccc1N.Cl.Cl. The van der Waals surface area contributed by atoms with Crippen LogP contribution in [0.25, 0.3) is 0 Å². The number of rotatable bonds is 6. The molecule has 24 heavy (non-hydrogen) atoms. The number of likely N-dealkylation sites (tertiary alicyclic amines) is 1. The molecule has 1 aliphatic rings. The Morgan fingerprint density at radius 2 is 2.00 bits per heavy atom. The third kappa shape index (κ3) is 6.88. The summed E-state index contributed by atoms with van der Waals surface area (Å²) in [6.45, 7) is 2.04. The van der Waals surface area contributed by atoms with Gasteiger partial charge in [-0.25, -0.2) is 0 Å². The van der Waals surface area contributed by atoms with Crippen LogP contribution < -0.4 is 5.73 Å². The highest BCUT2D eigenvalue weighted by molar-refractivity contribution is 5.85. The van der Waals surface area contributed by atoms with Crippen LogP contribution in [0.1, 0.15) is 37.7 Å². The van der Waals surface area contributed by atoms with E-state index in [9.17, 15) is 4.79 Å². The summed E-state index contributed by atoms with van der Waals surface area (Å²) in [5, 5.41) is 0. The van der Waals surface area contributed by atoms with Crippen molar-refractivity contribution >= 4 is 36.4 Å². The van der Waals surface area contributed by atoms with Crippen LogP contribution in [0.5, 0.6) is 0 Å². The number of nitrogens with two attached hydrogens (primary N) is 1. The first-order valence-corrected chi connectivity index (χ1v) is 8.35. The molecule has 1 saturated heterocycles. The molecule has 1 amide bonds. The first-order valence-electron chi connectivity index (χ1n) is 8.35. The second-order valence-corrected chi connectivity index (χ2v) is 6.43. The number of carbonyl (C=O) groups excluding carboxylic acids is 1. The summed E-state index contributed by atoms with van der Waals surface area (Å²) in [7, 11) is 4.11. The van der Waals surface area contributed by atoms with Crippen LogP contribution in [0.4, 0.5) is 5.69 Å². The monoisotopic (exact) mass is 375 g/mol. The first-order chi connectivity index (χ1) is 10.6. The number of nitrogens with zero attached hydrogens (tertiary/aromatic N) is 2. The van der Waals surface area contributed by atoms with Gasteiger partial charge in [-0.05, 0) is 50.9 Å². The molecule has 6 heteroatoms. The molecule has 2 N–H and O–H groups in total. The molecule has 138 valence electrons. The summed E-state index contributed by atoms with van der Waals surface area (Å²) in [5.41, 5.74) is 7.77. The molecule has 1 unspecified atom stereocenters. The summed E-state index contributed by atoms with van der Waals surface area (Å²) in [6, 6.07) is 8.42. The standard InChI is InChI=1S/C18H29N3O.2ClH/c1-20-13-6-5-8-16(20)12-14-21(2)18(22)11-10-15-7-3-4-9-17(15)19;;/h3-4,7,9,16H,5-6,8,10-14,19H2,1-2H3;2*1H. The average Bonchev–Trinajstić information content (AvgIpc) is 2.52. The summed E-state index contributed by atoms with van der Waals surface area (Å²) >= 11 is 0. The minimum atomic E-state index is 0. The predicted molar refractivity (Wildman–Crippen MR) is 106 cm³/mol. The highest BCUT2D eigenvalue weighted by Gasteiger charge is 2.20. The van der Waals surface area contributed by atoms with Crippen LogP contribution >= 0.6 is 24.8 Å². The van der Waals surface area contributed by atoms with Crippen molar-refractivity contribution in [1.29, 1.82) is 0 Å². The van der Waals surface area contributed by atoms with Crippen molar-refractivity contribution in [2.24, 2.45) is 0 Å². The van der Waals surface area contributed by atoms with E-state index in [-0.39, 0.29) is 30.7 Å². The lowest BCUT2D eigenvalue weighted by atomic mass is 10.00. The number of carbonyl (C=O) groups is 1. The maximum atomic E-state index is 12.3. The second kappa shape index (κ2) is 11.6. The second-order valence-electron chi connectivity index (χ2n) is 6.43. The van der Waals surface area contributed by atoms with Gasteiger partial charge < -0.3 is 15.5 Å². The average molecular weight is 376 g/mol. The lowest BCUT2D eigenvalue weighted by Crippen LogP contribution is -2.39. The van der Waals surface area contributed by atoms with Gasteiger partial charge in [-0.1, -0.05) is 24.6 Å². The largest absolute Gasteiger partial charge is 0.399 e. The molecular weight excluding hydrogens is 345 g/mol. The zero-order valence-corrected chi connectivity index (χ0v) is 16.4. The topological polar surface area (TPSA) is 49.6 Å². The third-order valence-corrected chi connectivity index (χ3v) is 4.81. The zero-order chi connectivity index (χ0) is 15.9. The number of aryl methyl sites for hydroxylation is 1. The van der Waals surface area contributed by atoms with Gasteiger partial charge in [0.25, 0.3) is 0 Å². The number of hydrogen-bond acceptors (Lipinski definition) is 3. The Balaban J connectivity index is 0.00000264. The molecule has 0 aromatic heterocycles. The zero-order valence-electron chi connectivity index (χ0n) is 14.7. The predicted octanol–water partition coefficient (Wildman–Crippen LogP) is 3.38. The van der Waals surface area contributed by atoms with Crippen LogP contribution in [0.3, 0.4) is 0 Å². The smallest absolute Gasteiger partial charge is 0.222 e. The molecule has 1 atom stereocenters. The Bertz CT molecular complexity index is 499. The highest BCUT2D eigenvalue weighted by Crippen LogP contribution is 2.18. The molecule has 0 spiro atoms. The minimum absolute atomic E-state index is 0. The van der Waals surface area contributed by atoms with Crippen molar-refractivity contribution in [3.63, 3.8) is 0 Å².